The minimum Gasteiger partial charge on any atom is -0.460 e. The number of aromatic nitrogens is 3. The highest BCUT2D eigenvalue weighted by molar-refractivity contribution is 5.98. The first-order chi connectivity index (χ1) is 11.7. The number of aliphatic hydroxyl groups is 1. The Hall–Kier alpha value is -2.43. The van der Waals surface area contributed by atoms with Gasteiger partial charge in [-0.1, -0.05) is 0 Å². The summed E-state index contributed by atoms with van der Waals surface area (Å²) in [6, 6.07) is 4.02. The molecule has 1 saturated heterocycles. The molecule has 0 bridgehead atoms. The fourth-order valence-electron chi connectivity index (χ4n) is 3.42. The SMILES string of the molecule is C[C@@H](O)c1nc2cnc3ccoc3c2n1[C@H]1CC[C@@H](CC#N)OC1. The molecule has 1 fully saturated rings. The standard InChI is InChI=1S/C17H18N4O3/c1-10(22)17-20-14-8-19-13-5-7-23-16(13)15(14)21(17)11-2-3-12(4-6-18)24-9-11/h5,7-8,10-12,22H,2-4,9H2,1H3/t10-,11+,12+/m1/s1. The molecule has 0 spiro atoms. The molecule has 7 heteroatoms. The number of fused-ring (bicyclic) bond motifs is 3. The van der Waals surface area contributed by atoms with E-state index in [0.717, 1.165) is 23.9 Å². The van der Waals surface area contributed by atoms with Crippen LogP contribution in [0, 0.1) is 11.3 Å². The molecule has 0 aliphatic carbocycles. The van der Waals surface area contributed by atoms with Gasteiger partial charge in [0.15, 0.2) is 5.58 Å². The molecule has 0 unspecified atom stereocenters. The summed E-state index contributed by atoms with van der Waals surface area (Å²) in [7, 11) is 0. The lowest BCUT2D eigenvalue weighted by atomic mass is 10.0. The average molecular weight is 326 g/mol. The third-order valence-corrected chi connectivity index (χ3v) is 4.55. The van der Waals surface area contributed by atoms with E-state index in [2.05, 4.69) is 16.0 Å². The molecule has 0 amide bonds. The Labute approximate surface area is 138 Å². The Morgan fingerprint density at radius 1 is 1.46 bits per heavy atom. The van der Waals surface area contributed by atoms with Gasteiger partial charge in [-0.05, 0) is 19.8 Å². The molecule has 0 radical (unpaired) electrons. The number of pyridine rings is 1. The Morgan fingerprint density at radius 2 is 2.33 bits per heavy atom. The minimum absolute atomic E-state index is 0.0127. The lowest BCUT2D eigenvalue weighted by Crippen LogP contribution is -2.29. The minimum atomic E-state index is -0.709. The number of ether oxygens (including phenoxy) is 1. The van der Waals surface area contributed by atoms with Crippen molar-refractivity contribution in [3.8, 4) is 6.07 Å². The van der Waals surface area contributed by atoms with E-state index in [1.54, 1.807) is 19.4 Å². The topological polar surface area (TPSA) is 97.1 Å². The van der Waals surface area contributed by atoms with Crippen molar-refractivity contribution in [1.29, 1.82) is 5.26 Å². The average Bonchev–Trinajstić information content (AvgIpc) is 3.19. The van der Waals surface area contributed by atoms with E-state index >= 15 is 0 Å². The fourth-order valence-corrected chi connectivity index (χ4v) is 3.42. The van der Waals surface area contributed by atoms with Crippen LogP contribution in [0.4, 0.5) is 0 Å². The maximum Gasteiger partial charge on any atom is 0.178 e. The van der Waals surface area contributed by atoms with Crippen molar-refractivity contribution >= 4 is 22.1 Å². The lowest BCUT2D eigenvalue weighted by Gasteiger charge is -2.30. The van der Waals surface area contributed by atoms with E-state index in [1.807, 2.05) is 10.6 Å². The lowest BCUT2D eigenvalue weighted by molar-refractivity contribution is -0.00951. The van der Waals surface area contributed by atoms with Crippen LogP contribution in [0.3, 0.4) is 0 Å². The summed E-state index contributed by atoms with van der Waals surface area (Å²) < 4.78 is 13.5. The molecule has 0 saturated carbocycles. The normalized spacial score (nSPS) is 22.7. The summed E-state index contributed by atoms with van der Waals surface area (Å²) in [4.78, 5) is 8.90. The largest absolute Gasteiger partial charge is 0.460 e. The molecule has 124 valence electrons. The molecule has 3 atom stereocenters. The Bertz CT molecular complexity index is 913. The first-order valence-corrected chi connectivity index (χ1v) is 8.09. The highest BCUT2D eigenvalue weighted by Crippen LogP contribution is 2.34. The van der Waals surface area contributed by atoms with Gasteiger partial charge in [0.05, 0.1) is 43.7 Å². The first-order valence-electron chi connectivity index (χ1n) is 8.09. The highest BCUT2D eigenvalue weighted by atomic mass is 16.5. The van der Waals surface area contributed by atoms with Gasteiger partial charge in [-0.25, -0.2) is 4.98 Å². The second-order valence-electron chi connectivity index (χ2n) is 6.19. The van der Waals surface area contributed by atoms with E-state index < -0.39 is 6.10 Å². The van der Waals surface area contributed by atoms with Crippen molar-refractivity contribution in [2.75, 3.05) is 6.61 Å². The second-order valence-corrected chi connectivity index (χ2v) is 6.19. The second kappa shape index (κ2) is 5.89. The van der Waals surface area contributed by atoms with Crippen LogP contribution < -0.4 is 0 Å². The van der Waals surface area contributed by atoms with Crippen molar-refractivity contribution < 1.29 is 14.3 Å². The zero-order valence-corrected chi connectivity index (χ0v) is 13.3. The van der Waals surface area contributed by atoms with Gasteiger partial charge >= 0.3 is 0 Å². The van der Waals surface area contributed by atoms with Crippen LogP contribution in [0.15, 0.2) is 22.9 Å². The summed E-state index contributed by atoms with van der Waals surface area (Å²) in [5.41, 5.74) is 2.98. The van der Waals surface area contributed by atoms with Gasteiger partial charge < -0.3 is 18.8 Å². The van der Waals surface area contributed by atoms with Gasteiger partial charge in [0, 0.05) is 6.07 Å². The van der Waals surface area contributed by atoms with Crippen molar-refractivity contribution in [3.63, 3.8) is 0 Å². The van der Waals surface area contributed by atoms with Crippen LogP contribution in [0.5, 0.6) is 0 Å². The number of furan rings is 1. The van der Waals surface area contributed by atoms with Crippen LogP contribution in [-0.2, 0) is 4.74 Å². The predicted octanol–water partition coefficient (Wildman–Crippen LogP) is 2.86. The van der Waals surface area contributed by atoms with Gasteiger partial charge in [-0.3, -0.25) is 4.98 Å². The summed E-state index contributed by atoms with van der Waals surface area (Å²) >= 11 is 0. The number of imidazole rings is 1. The summed E-state index contributed by atoms with van der Waals surface area (Å²) in [5.74, 6) is 0.586. The van der Waals surface area contributed by atoms with E-state index in [4.69, 9.17) is 14.4 Å². The zero-order chi connectivity index (χ0) is 16.7. The Kier molecular flexibility index (Phi) is 3.71. The van der Waals surface area contributed by atoms with Crippen LogP contribution in [0.2, 0.25) is 0 Å². The number of nitriles is 1. The maximum atomic E-state index is 10.2. The van der Waals surface area contributed by atoms with Gasteiger partial charge in [-0.15, -0.1) is 0 Å². The van der Waals surface area contributed by atoms with Crippen molar-refractivity contribution in [1.82, 2.24) is 14.5 Å². The molecular formula is C17H18N4O3. The summed E-state index contributed by atoms with van der Waals surface area (Å²) in [6.07, 6.45) is 4.67. The molecule has 0 aromatic carbocycles. The van der Waals surface area contributed by atoms with Crippen LogP contribution >= 0.6 is 0 Å². The Morgan fingerprint density at radius 3 is 3.04 bits per heavy atom. The summed E-state index contributed by atoms with van der Waals surface area (Å²) in [5, 5.41) is 19.0. The van der Waals surface area contributed by atoms with E-state index in [9.17, 15) is 5.11 Å². The number of nitrogens with zero attached hydrogens (tertiary/aromatic N) is 4. The third-order valence-electron chi connectivity index (χ3n) is 4.55. The zero-order valence-electron chi connectivity index (χ0n) is 13.3. The smallest absolute Gasteiger partial charge is 0.178 e. The number of rotatable bonds is 3. The van der Waals surface area contributed by atoms with Crippen molar-refractivity contribution in [2.24, 2.45) is 0 Å². The number of hydrogen-bond donors (Lipinski definition) is 1. The molecule has 4 rings (SSSR count). The molecule has 1 aliphatic rings. The highest BCUT2D eigenvalue weighted by Gasteiger charge is 2.29. The predicted molar refractivity (Wildman–Crippen MR) is 86.2 cm³/mol. The van der Waals surface area contributed by atoms with Crippen LogP contribution in [0.25, 0.3) is 22.1 Å². The molecule has 1 N–H and O–H groups in total. The molecule has 24 heavy (non-hydrogen) atoms. The van der Waals surface area contributed by atoms with Crippen LogP contribution in [-0.4, -0.2) is 32.4 Å². The molecule has 3 aromatic rings. The van der Waals surface area contributed by atoms with Crippen molar-refractivity contribution in [3.05, 3.63) is 24.4 Å². The van der Waals surface area contributed by atoms with Gasteiger partial charge in [0.2, 0.25) is 0 Å². The quantitative estimate of drug-likeness (QED) is 0.795. The van der Waals surface area contributed by atoms with E-state index in [0.29, 0.717) is 30.0 Å². The molecule has 3 aromatic heterocycles. The van der Waals surface area contributed by atoms with E-state index in [-0.39, 0.29) is 12.1 Å². The third kappa shape index (κ3) is 2.35. The van der Waals surface area contributed by atoms with Gasteiger partial charge in [-0.2, -0.15) is 5.26 Å². The molecule has 1 aliphatic heterocycles. The fraction of sp³-hybridized carbons (Fsp3) is 0.471. The van der Waals surface area contributed by atoms with Crippen LogP contribution in [0.1, 0.15) is 44.2 Å². The van der Waals surface area contributed by atoms with E-state index in [1.165, 1.54) is 0 Å². The number of aliphatic hydroxyl groups excluding tert-OH is 1. The monoisotopic (exact) mass is 326 g/mol. The number of hydrogen-bond acceptors (Lipinski definition) is 6. The summed E-state index contributed by atoms with van der Waals surface area (Å²) in [6.45, 7) is 2.19. The van der Waals surface area contributed by atoms with Gasteiger partial charge in [0.25, 0.3) is 0 Å². The van der Waals surface area contributed by atoms with Crippen molar-refractivity contribution in [2.45, 2.75) is 44.4 Å². The molecular weight excluding hydrogens is 308 g/mol. The molecule has 7 nitrogen and oxygen atoms in total. The van der Waals surface area contributed by atoms with Gasteiger partial charge in [0.1, 0.15) is 28.5 Å². The maximum absolute atomic E-state index is 10.2. The Balaban J connectivity index is 1.82. The molecule has 4 heterocycles. The first kappa shape index (κ1) is 15.1.